The predicted octanol–water partition coefficient (Wildman–Crippen LogP) is 3.87. The summed E-state index contributed by atoms with van der Waals surface area (Å²) in [4.78, 5) is 23.5. The number of hydrogen-bond donors (Lipinski definition) is 1. The van der Waals surface area contributed by atoms with E-state index in [1.807, 2.05) is 6.92 Å². The third-order valence-corrected chi connectivity index (χ3v) is 5.86. The molecule has 1 N–H and O–H groups in total. The Labute approximate surface area is 196 Å². The highest BCUT2D eigenvalue weighted by Crippen LogP contribution is 2.42. The molecular formula is C24H27F3N4O3. The summed E-state index contributed by atoms with van der Waals surface area (Å²) >= 11 is 0. The van der Waals surface area contributed by atoms with E-state index in [4.69, 9.17) is 9.47 Å². The topological polar surface area (TPSA) is 76.6 Å². The van der Waals surface area contributed by atoms with Gasteiger partial charge in [0.05, 0.1) is 36.7 Å². The molecule has 1 amide bonds. The number of rotatable bonds is 6. The maximum absolute atomic E-state index is 13.5. The molecule has 0 spiro atoms. The normalized spacial score (nSPS) is 17.9. The van der Waals surface area contributed by atoms with Gasteiger partial charge in [-0.2, -0.15) is 13.2 Å². The molecule has 182 valence electrons. The van der Waals surface area contributed by atoms with Crippen LogP contribution in [-0.4, -0.2) is 66.4 Å². The fraction of sp³-hybridized carbons (Fsp3) is 0.458. The van der Waals surface area contributed by atoms with Crippen LogP contribution in [-0.2, 0) is 17.6 Å². The summed E-state index contributed by atoms with van der Waals surface area (Å²) in [5.74, 6) is 0.950. The molecule has 0 unspecified atom stereocenters. The Morgan fingerprint density at radius 3 is 2.79 bits per heavy atom. The third-order valence-electron chi connectivity index (χ3n) is 5.86. The summed E-state index contributed by atoms with van der Waals surface area (Å²) in [5, 5.41) is 2.95. The van der Waals surface area contributed by atoms with Crippen molar-refractivity contribution in [1.82, 2.24) is 14.9 Å². The van der Waals surface area contributed by atoms with Crippen LogP contribution in [0, 0.1) is 0 Å². The number of morpholine rings is 1. The highest BCUT2D eigenvalue weighted by molar-refractivity contribution is 5.95. The molecule has 1 saturated heterocycles. The molecule has 1 aliphatic carbocycles. The number of nitrogens with zero attached hydrogens (tertiary/aromatic N) is 3. The first kappa shape index (κ1) is 24.0. The van der Waals surface area contributed by atoms with Crippen molar-refractivity contribution in [2.24, 2.45) is 0 Å². The van der Waals surface area contributed by atoms with E-state index >= 15 is 0 Å². The number of carbonyl (C=O) groups excluding carboxylic acids is 1. The summed E-state index contributed by atoms with van der Waals surface area (Å²) in [6.45, 7) is 5.69. The van der Waals surface area contributed by atoms with Gasteiger partial charge < -0.3 is 19.7 Å². The van der Waals surface area contributed by atoms with Crippen molar-refractivity contribution in [3.05, 3.63) is 52.5 Å². The zero-order chi connectivity index (χ0) is 24.5. The second-order valence-corrected chi connectivity index (χ2v) is 8.30. The van der Waals surface area contributed by atoms with E-state index in [0.717, 1.165) is 11.6 Å². The van der Waals surface area contributed by atoms with Gasteiger partial charge in [0, 0.05) is 43.6 Å². The molecule has 10 heteroatoms. The number of carbonyl (C=O) groups is 1. The van der Waals surface area contributed by atoms with Gasteiger partial charge >= 0.3 is 6.18 Å². The lowest BCUT2D eigenvalue weighted by atomic mass is 10.0. The SMILES string of the molecule is CCNc1nc(Cc2ccc(C(=O)N3CCO[C@H](C)C3)cc2OC)nc2c1C(C(F)(F)F)=CC2. The summed E-state index contributed by atoms with van der Waals surface area (Å²) in [6, 6.07) is 5.18. The smallest absolute Gasteiger partial charge is 0.416 e. The van der Waals surface area contributed by atoms with Crippen LogP contribution in [0.5, 0.6) is 5.75 Å². The lowest BCUT2D eigenvalue weighted by Gasteiger charge is -2.31. The van der Waals surface area contributed by atoms with E-state index in [1.165, 1.54) is 7.11 Å². The van der Waals surface area contributed by atoms with Crippen molar-refractivity contribution in [1.29, 1.82) is 0 Å². The van der Waals surface area contributed by atoms with Crippen LogP contribution in [0.2, 0.25) is 0 Å². The van der Waals surface area contributed by atoms with E-state index < -0.39 is 11.7 Å². The molecule has 7 nitrogen and oxygen atoms in total. The lowest BCUT2D eigenvalue weighted by molar-refractivity contribution is -0.0687. The van der Waals surface area contributed by atoms with E-state index in [2.05, 4.69) is 15.3 Å². The van der Waals surface area contributed by atoms with Crippen LogP contribution >= 0.6 is 0 Å². The van der Waals surface area contributed by atoms with Gasteiger partial charge in [0.1, 0.15) is 17.4 Å². The monoisotopic (exact) mass is 476 g/mol. The number of fused-ring (bicyclic) bond motifs is 1. The molecule has 2 heterocycles. The van der Waals surface area contributed by atoms with E-state index in [0.29, 0.717) is 49.1 Å². The summed E-state index contributed by atoms with van der Waals surface area (Å²) in [5.41, 5.74) is 0.893. The van der Waals surface area contributed by atoms with Crippen LogP contribution in [0.1, 0.15) is 46.9 Å². The minimum Gasteiger partial charge on any atom is -0.496 e. The number of methoxy groups -OCH3 is 1. The minimum atomic E-state index is -4.47. The molecule has 2 aliphatic rings. The number of halogens is 3. The van der Waals surface area contributed by atoms with E-state index in [1.54, 1.807) is 30.0 Å². The first-order valence-electron chi connectivity index (χ1n) is 11.2. The number of hydrogen-bond acceptors (Lipinski definition) is 6. The first-order valence-corrected chi connectivity index (χ1v) is 11.2. The van der Waals surface area contributed by atoms with Crippen LogP contribution in [0.15, 0.2) is 24.3 Å². The molecule has 34 heavy (non-hydrogen) atoms. The number of anilines is 1. The molecule has 4 rings (SSSR count). The molecule has 1 aromatic heterocycles. The number of allylic oxidation sites excluding steroid dienone is 2. The van der Waals surface area contributed by atoms with Crippen molar-refractivity contribution >= 4 is 17.3 Å². The fourth-order valence-corrected chi connectivity index (χ4v) is 4.30. The molecule has 0 bridgehead atoms. The molecule has 2 aromatic rings. The minimum absolute atomic E-state index is 0.0192. The highest BCUT2D eigenvalue weighted by Gasteiger charge is 2.40. The van der Waals surface area contributed by atoms with Crippen LogP contribution in [0.25, 0.3) is 5.57 Å². The van der Waals surface area contributed by atoms with Gasteiger partial charge in [0.15, 0.2) is 0 Å². The van der Waals surface area contributed by atoms with Crippen molar-refractivity contribution in [3.8, 4) is 5.75 Å². The highest BCUT2D eigenvalue weighted by atomic mass is 19.4. The van der Waals surface area contributed by atoms with Crippen molar-refractivity contribution in [3.63, 3.8) is 0 Å². The van der Waals surface area contributed by atoms with E-state index in [-0.39, 0.29) is 36.2 Å². The molecule has 0 radical (unpaired) electrons. The number of aromatic nitrogens is 2. The van der Waals surface area contributed by atoms with Gasteiger partial charge in [-0.15, -0.1) is 0 Å². The molecule has 0 saturated carbocycles. The van der Waals surface area contributed by atoms with Gasteiger partial charge in [-0.25, -0.2) is 9.97 Å². The van der Waals surface area contributed by atoms with Crippen LogP contribution in [0.3, 0.4) is 0 Å². The first-order chi connectivity index (χ1) is 16.2. The van der Waals surface area contributed by atoms with E-state index in [9.17, 15) is 18.0 Å². The largest absolute Gasteiger partial charge is 0.496 e. The van der Waals surface area contributed by atoms with Gasteiger partial charge in [-0.05, 0) is 26.0 Å². The number of ether oxygens (including phenoxy) is 2. The standard InChI is InChI=1S/C24H27F3N4O3/c1-4-28-22-21-17(24(25,26)27)7-8-18(21)29-20(30-22)12-15-5-6-16(11-19(15)33-3)23(32)31-9-10-34-14(2)13-31/h5-7,11,14H,4,8-10,12-13H2,1-3H3,(H,28,29,30)/t14-/m1/s1. The van der Waals surface area contributed by atoms with Gasteiger partial charge in [-0.3, -0.25) is 4.79 Å². The van der Waals surface area contributed by atoms with Gasteiger partial charge in [-0.1, -0.05) is 12.1 Å². The lowest BCUT2D eigenvalue weighted by Crippen LogP contribution is -2.44. The van der Waals surface area contributed by atoms with Crippen molar-refractivity contribution in [2.45, 2.75) is 39.0 Å². The number of alkyl halides is 3. The molecule has 1 aromatic carbocycles. The second-order valence-electron chi connectivity index (χ2n) is 8.30. The predicted molar refractivity (Wildman–Crippen MR) is 121 cm³/mol. The van der Waals surface area contributed by atoms with Gasteiger partial charge in [0.25, 0.3) is 5.91 Å². The summed E-state index contributed by atoms with van der Waals surface area (Å²) in [6.07, 6.45) is -2.99. The van der Waals surface area contributed by atoms with Crippen molar-refractivity contribution in [2.75, 3.05) is 38.7 Å². The van der Waals surface area contributed by atoms with Gasteiger partial charge in [0.2, 0.25) is 0 Å². The zero-order valence-electron chi connectivity index (χ0n) is 19.3. The fourth-order valence-electron chi connectivity index (χ4n) is 4.30. The molecule has 1 aliphatic heterocycles. The Bertz CT molecular complexity index is 1120. The average Bonchev–Trinajstić information content (AvgIpc) is 3.24. The Morgan fingerprint density at radius 1 is 1.32 bits per heavy atom. The van der Waals surface area contributed by atoms with Crippen LogP contribution < -0.4 is 10.1 Å². The second kappa shape index (κ2) is 9.61. The summed E-state index contributed by atoms with van der Waals surface area (Å²) < 4.78 is 51.4. The Morgan fingerprint density at radius 2 is 2.12 bits per heavy atom. The number of amides is 1. The Balaban J connectivity index is 1.60. The quantitative estimate of drug-likeness (QED) is 0.682. The maximum Gasteiger partial charge on any atom is 0.416 e. The summed E-state index contributed by atoms with van der Waals surface area (Å²) in [7, 11) is 1.51. The zero-order valence-corrected chi connectivity index (χ0v) is 19.3. The molecular weight excluding hydrogens is 449 g/mol. The average molecular weight is 476 g/mol. The third kappa shape index (κ3) is 4.86. The Kier molecular flexibility index (Phi) is 6.79. The van der Waals surface area contributed by atoms with Crippen LogP contribution in [0.4, 0.5) is 19.0 Å². The number of benzene rings is 1. The number of nitrogens with one attached hydrogen (secondary N) is 1. The molecule has 1 fully saturated rings. The van der Waals surface area contributed by atoms with Crippen molar-refractivity contribution < 1.29 is 27.4 Å². The molecule has 1 atom stereocenters. The Hall–Kier alpha value is -3.14. The maximum atomic E-state index is 13.5.